The number of hydrogen-bond acceptors (Lipinski definition) is 1. The quantitative estimate of drug-likeness (QED) is 0.572. The van der Waals surface area contributed by atoms with Crippen LogP contribution >= 0.6 is 0 Å². The van der Waals surface area contributed by atoms with E-state index in [9.17, 15) is 0 Å². The Balaban J connectivity index is 2.27. The van der Waals surface area contributed by atoms with Crippen LogP contribution in [0, 0.1) is 5.92 Å². The Morgan fingerprint density at radius 1 is 1.00 bits per heavy atom. The van der Waals surface area contributed by atoms with Crippen molar-refractivity contribution in [1.82, 2.24) is 0 Å². The fourth-order valence-electron chi connectivity index (χ4n) is 2.01. The third kappa shape index (κ3) is 3.76. The van der Waals surface area contributed by atoms with E-state index in [1.165, 1.54) is 44.9 Å². The van der Waals surface area contributed by atoms with Gasteiger partial charge in [0.05, 0.1) is 0 Å². The number of nitrogens with two attached hydrogens (primary N) is 1. The van der Waals surface area contributed by atoms with Crippen molar-refractivity contribution in [2.24, 2.45) is 11.7 Å². The molecular formula is C10H21N. The molecular weight excluding hydrogens is 134 g/mol. The molecule has 11 heavy (non-hydrogen) atoms. The van der Waals surface area contributed by atoms with Crippen LogP contribution in [0.1, 0.15) is 51.9 Å². The van der Waals surface area contributed by atoms with Crippen LogP contribution in [0.25, 0.3) is 0 Å². The molecule has 0 spiro atoms. The van der Waals surface area contributed by atoms with Crippen molar-refractivity contribution in [3.63, 3.8) is 0 Å². The summed E-state index contributed by atoms with van der Waals surface area (Å²) < 4.78 is 0. The van der Waals surface area contributed by atoms with Crippen LogP contribution in [-0.2, 0) is 0 Å². The van der Waals surface area contributed by atoms with Gasteiger partial charge in [0, 0.05) is 6.04 Å². The highest BCUT2D eigenvalue weighted by Gasteiger charge is 2.10. The maximum Gasteiger partial charge on any atom is 0.00413 e. The van der Waals surface area contributed by atoms with Gasteiger partial charge in [-0.25, -0.2) is 0 Å². The summed E-state index contributed by atoms with van der Waals surface area (Å²) in [7, 11) is 0. The lowest BCUT2D eigenvalue weighted by atomic mass is 9.97. The normalized spacial score (nSPS) is 35.5. The molecule has 1 unspecified atom stereocenters. The molecule has 0 saturated heterocycles. The summed E-state index contributed by atoms with van der Waals surface area (Å²) in [5.74, 6) is 0.864. The van der Waals surface area contributed by atoms with E-state index in [2.05, 4.69) is 6.92 Å². The number of rotatable bonds is 0. The van der Waals surface area contributed by atoms with Crippen LogP contribution in [0.15, 0.2) is 0 Å². The van der Waals surface area contributed by atoms with Gasteiger partial charge in [0.25, 0.3) is 0 Å². The zero-order valence-electron chi connectivity index (χ0n) is 7.68. The van der Waals surface area contributed by atoms with Crippen LogP contribution in [0.4, 0.5) is 0 Å². The largest absolute Gasteiger partial charge is 0.328 e. The first-order chi connectivity index (χ1) is 5.29. The summed E-state index contributed by atoms with van der Waals surface area (Å²) in [4.78, 5) is 0. The zero-order valence-corrected chi connectivity index (χ0v) is 7.68. The Labute approximate surface area is 70.4 Å². The van der Waals surface area contributed by atoms with Gasteiger partial charge in [-0.05, 0) is 18.8 Å². The summed E-state index contributed by atoms with van der Waals surface area (Å²) in [6.45, 7) is 2.34. The molecule has 1 heteroatoms. The first kappa shape index (κ1) is 9.05. The second kappa shape index (κ2) is 4.76. The minimum absolute atomic E-state index is 0.489. The van der Waals surface area contributed by atoms with Gasteiger partial charge in [-0.2, -0.15) is 0 Å². The van der Waals surface area contributed by atoms with Crippen LogP contribution < -0.4 is 5.73 Å². The monoisotopic (exact) mass is 155 g/mol. The van der Waals surface area contributed by atoms with E-state index in [1.807, 2.05) is 0 Å². The molecule has 1 fully saturated rings. The highest BCUT2D eigenvalue weighted by molar-refractivity contribution is 4.68. The van der Waals surface area contributed by atoms with Crippen LogP contribution in [0.3, 0.4) is 0 Å². The van der Waals surface area contributed by atoms with Crippen LogP contribution in [0.2, 0.25) is 0 Å². The van der Waals surface area contributed by atoms with Crippen molar-refractivity contribution in [2.75, 3.05) is 0 Å². The van der Waals surface area contributed by atoms with Gasteiger partial charge in [0.15, 0.2) is 0 Å². The summed E-state index contributed by atoms with van der Waals surface area (Å²) in [5.41, 5.74) is 5.96. The highest BCUT2D eigenvalue weighted by Crippen LogP contribution is 2.20. The zero-order chi connectivity index (χ0) is 8.10. The van der Waals surface area contributed by atoms with Gasteiger partial charge in [-0.1, -0.05) is 39.0 Å². The van der Waals surface area contributed by atoms with Gasteiger partial charge >= 0.3 is 0 Å². The molecule has 1 rings (SSSR count). The van der Waals surface area contributed by atoms with Gasteiger partial charge in [-0.3, -0.25) is 0 Å². The lowest BCUT2D eigenvalue weighted by molar-refractivity contribution is 0.427. The molecule has 1 saturated carbocycles. The Hall–Kier alpha value is -0.0400. The van der Waals surface area contributed by atoms with Gasteiger partial charge < -0.3 is 5.73 Å². The summed E-state index contributed by atoms with van der Waals surface area (Å²) in [6, 6.07) is 0.489. The molecule has 2 N–H and O–H groups in total. The number of hydrogen-bond donors (Lipinski definition) is 1. The summed E-state index contributed by atoms with van der Waals surface area (Å²) in [5, 5.41) is 0. The lowest BCUT2D eigenvalue weighted by Crippen LogP contribution is -2.22. The molecule has 0 amide bonds. The second-order valence-corrected chi connectivity index (χ2v) is 4.09. The smallest absolute Gasteiger partial charge is 0.00413 e. The third-order valence-electron chi connectivity index (χ3n) is 2.73. The lowest BCUT2D eigenvalue weighted by Gasteiger charge is -2.14. The molecule has 0 aromatic carbocycles. The van der Waals surface area contributed by atoms with E-state index < -0.39 is 0 Å². The first-order valence-corrected chi connectivity index (χ1v) is 5.04. The van der Waals surface area contributed by atoms with Crippen molar-refractivity contribution < 1.29 is 0 Å². The topological polar surface area (TPSA) is 26.0 Å². The molecule has 0 aliphatic heterocycles. The molecule has 1 aliphatic carbocycles. The van der Waals surface area contributed by atoms with Crippen molar-refractivity contribution >= 4 is 0 Å². The molecule has 0 aromatic rings. The molecule has 0 bridgehead atoms. The standard InChI is InChI=1S/C10H21N/c1-9-6-4-2-3-5-7-10(11)8-9/h9-10H,2-8,11H2,1H3/t9-,10?/m0/s1. The fraction of sp³-hybridized carbons (Fsp3) is 1.00. The molecule has 66 valence electrons. The Morgan fingerprint density at radius 3 is 2.36 bits per heavy atom. The fourth-order valence-corrected chi connectivity index (χ4v) is 2.01. The maximum absolute atomic E-state index is 5.96. The maximum atomic E-state index is 5.96. The predicted octanol–water partition coefficient (Wildman–Crippen LogP) is 2.69. The molecule has 1 aliphatic rings. The molecule has 0 aromatic heterocycles. The van der Waals surface area contributed by atoms with Crippen molar-refractivity contribution in [2.45, 2.75) is 57.9 Å². The van der Waals surface area contributed by atoms with E-state index in [0.29, 0.717) is 6.04 Å². The van der Waals surface area contributed by atoms with Crippen LogP contribution in [0.5, 0.6) is 0 Å². The average Bonchev–Trinajstić information content (AvgIpc) is 2.02. The van der Waals surface area contributed by atoms with E-state index in [1.54, 1.807) is 0 Å². The molecule has 1 nitrogen and oxygen atoms in total. The third-order valence-corrected chi connectivity index (χ3v) is 2.73. The average molecular weight is 155 g/mol. The second-order valence-electron chi connectivity index (χ2n) is 4.09. The Bertz CT molecular complexity index is 89.0. The van der Waals surface area contributed by atoms with Crippen molar-refractivity contribution in [3.05, 3.63) is 0 Å². The van der Waals surface area contributed by atoms with Gasteiger partial charge in [0.1, 0.15) is 0 Å². The molecule has 0 radical (unpaired) electrons. The van der Waals surface area contributed by atoms with Crippen molar-refractivity contribution in [3.8, 4) is 0 Å². The van der Waals surface area contributed by atoms with Crippen molar-refractivity contribution in [1.29, 1.82) is 0 Å². The Morgan fingerprint density at radius 2 is 1.64 bits per heavy atom. The summed E-state index contributed by atoms with van der Waals surface area (Å²) in [6.07, 6.45) is 9.51. The SMILES string of the molecule is C[C@H]1CCCCCCC(N)C1. The predicted molar refractivity (Wildman–Crippen MR) is 49.5 cm³/mol. The van der Waals surface area contributed by atoms with E-state index >= 15 is 0 Å². The van der Waals surface area contributed by atoms with E-state index in [0.717, 1.165) is 5.92 Å². The first-order valence-electron chi connectivity index (χ1n) is 5.04. The highest BCUT2D eigenvalue weighted by atomic mass is 14.6. The van der Waals surface area contributed by atoms with Crippen LogP contribution in [-0.4, -0.2) is 6.04 Å². The Kier molecular flexibility index (Phi) is 3.92. The molecule has 2 atom stereocenters. The van der Waals surface area contributed by atoms with Gasteiger partial charge in [0.2, 0.25) is 0 Å². The minimum Gasteiger partial charge on any atom is -0.328 e. The molecule has 0 heterocycles. The van der Waals surface area contributed by atoms with Gasteiger partial charge in [-0.15, -0.1) is 0 Å². The summed E-state index contributed by atoms with van der Waals surface area (Å²) >= 11 is 0. The minimum atomic E-state index is 0.489. The van der Waals surface area contributed by atoms with E-state index in [4.69, 9.17) is 5.73 Å². The van der Waals surface area contributed by atoms with E-state index in [-0.39, 0.29) is 0 Å².